The van der Waals surface area contributed by atoms with E-state index in [1.165, 1.54) is 0 Å². The van der Waals surface area contributed by atoms with Crippen LogP contribution in [-0.2, 0) is 11.3 Å². The SMILES string of the molecule is CCC1(C(=O)O)CCCN(Cc2cc(F)c(F)cc2F)C1. The van der Waals surface area contributed by atoms with Crippen LogP contribution in [0.3, 0.4) is 0 Å². The molecule has 0 spiro atoms. The average Bonchev–Trinajstić information content (AvgIpc) is 2.44. The number of hydrogen-bond donors (Lipinski definition) is 1. The molecule has 1 aromatic rings. The van der Waals surface area contributed by atoms with Crippen LogP contribution in [0.15, 0.2) is 12.1 Å². The van der Waals surface area contributed by atoms with Crippen LogP contribution < -0.4 is 0 Å². The molecule has 0 saturated carbocycles. The van der Waals surface area contributed by atoms with Crippen molar-refractivity contribution in [2.75, 3.05) is 13.1 Å². The molecule has 0 radical (unpaired) electrons. The lowest BCUT2D eigenvalue weighted by molar-refractivity contribution is -0.153. The Morgan fingerprint density at radius 3 is 2.57 bits per heavy atom. The minimum absolute atomic E-state index is 0.0474. The second kappa shape index (κ2) is 6.05. The highest BCUT2D eigenvalue weighted by atomic mass is 19.2. The number of likely N-dealkylation sites (tertiary alicyclic amines) is 1. The molecule has 116 valence electrons. The van der Waals surface area contributed by atoms with E-state index in [0.29, 0.717) is 31.9 Å². The molecule has 1 aliphatic rings. The van der Waals surface area contributed by atoms with Crippen LogP contribution in [0.5, 0.6) is 0 Å². The highest BCUT2D eigenvalue weighted by molar-refractivity contribution is 5.75. The maximum absolute atomic E-state index is 13.7. The summed E-state index contributed by atoms with van der Waals surface area (Å²) in [6, 6.07) is 1.37. The van der Waals surface area contributed by atoms with E-state index in [0.717, 1.165) is 6.07 Å². The molecule has 1 heterocycles. The fourth-order valence-electron chi connectivity index (χ4n) is 2.90. The van der Waals surface area contributed by atoms with Gasteiger partial charge in [0.2, 0.25) is 0 Å². The number of rotatable bonds is 4. The van der Waals surface area contributed by atoms with Crippen molar-refractivity contribution < 1.29 is 23.1 Å². The zero-order valence-electron chi connectivity index (χ0n) is 11.8. The van der Waals surface area contributed by atoms with Gasteiger partial charge in [0.15, 0.2) is 11.6 Å². The van der Waals surface area contributed by atoms with Gasteiger partial charge in [-0.2, -0.15) is 0 Å². The number of piperidine rings is 1. The Balaban J connectivity index is 2.16. The zero-order chi connectivity index (χ0) is 15.6. The first kappa shape index (κ1) is 15.8. The van der Waals surface area contributed by atoms with E-state index >= 15 is 0 Å². The molecule has 0 aliphatic carbocycles. The Bertz CT molecular complexity index is 550. The fourth-order valence-corrected chi connectivity index (χ4v) is 2.90. The van der Waals surface area contributed by atoms with Crippen LogP contribution in [0.2, 0.25) is 0 Å². The molecule has 1 aromatic carbocycles. The van der Waals surface area contributed by atoms with Crippen LogP contribution in [0.4, 0.5) is 13.2 Å². The normalized spacial score (nSPS) is 23.2. The Labute approximate surface area is 121 Å². The number of halogens is 3. The summed E-state index contributed by atoms with van der Waals surface area (Å²) in [5.41, 5.74) is -0.793. The number of carboxylic acids is 1. The van der Waals surface area contributed by atoms with Gasteiger partial charge < -0.3 is 5.11 Å². The predicted octanol–water partition coefficient (Wildman–Crippen LogP) is 3.18. The highest BCUT2D eigenvalue weighted by Gasteiger charge is 2.40. The molecule has 3 nitrogen and oxygen atoms in total. The van der Waals surface area contributed by atoms with Gasteiger partial charge in [0.05, 0.1) is 5.41 Å². The van der Waals surface area contributed by atoms with Crippen molar-refractivity contribution in [2.45, 2.75) is 32.7 Å². The molecular weight excluding hydrogens is 283 g/mol. The summed E-state index contributed by atoms with van der Waals surface area (Å²) >= 11 is 0. The maximum atomic E-state index is 13.7. The lowest BCUT2D eigenvalue weighted by Crippen LogP contribution is -2.47. The molecule has 0 bridgehead atoms. The molecule has 1 fully saturated rings. The van der Waals surface area contributed by atoms with Crippen molar-refractivity contribution in [2.24, 2.45) is 5.41 Å². The third kappa shape index (κ3) is 3.20. The molecule has 0 amide bonds. The Morgan fingerprint density at radius 2 is 1.95 bits per heavy atom. The lowest BCUT2D eigenvalue weighted by atomic mass is 9.77. The molecular formula is C15H18F3NO2. The predicted molar refractivity (Wildman–Crippen MR) is 71.2 cm³/mol. The Kier molecular flexibility index (Phi) is 4.56. The summed E-state index contributed by atoms with van der Waals surface area (Å²) < 4.78 is 39.8. The minimum Gasteiger partial charge on any atom is -0.481 e. The van der Waals surface area contributed by atoms with E-state index < -0.39 is 28.8 Å². The first-order chi connectivity index (χ1) is 9.88. The first-order valence-electron chi connectivity index (χ1n) is 6.97. The summed E-state index contributed by atoms with van der Waals surface area (Å²) in [4.78, 5) is 13.2. The van der Waals surface area contributed by atoms with E-state index in [9.17, 15) is 23.1 Å². The average molecular weight is 301 g/mol. The van der Waals surface area contributed by atoms with Gasteiger partial charge in [-0.15, -0.1) is 0 Å². The van der Waals surface area contributed by atoms with Crippen LogP contribution in [0.25, 0.3) is 0 Å². The van der Waals surface area contributed by atoms with Crippen molar-refractivity contribution in [3.8, 4) is 0 Å². The number of aliphatic carboxylic acids is 1. The minimum atomic E-state index is -1.22. The quantitative estimate of drug-likeness (QED) is 0.868. The summed E-state index contributed by atoms with van der Waals surface area (Å²) in [7, 11) is 0. The van der Waals surface area contributed by atoms with Crippen LogP contribution in [0.1, 0.15) is 31.7 Å². The van der Waals surface area contributed by atoms with Gasteiger partial charge in [0, 0.05) is 24.7 Å². The molecule has 6 heteroatoms. The Hall–Kier alpha value is -1.56. The molecule has 1 atom stereocenters. The summed E-state index contributed by atoms with van der Waals surface area (Å²) in [6.45, 7) is 2.80. The van der Waals surface area contributed by atoms with Crippen molar-refractivity contribution >= 4 is 5.97 Å². The highest BCUT2D eigenvalue weighted by Crippen LogP contribution is 2.34. The van der Waals surface area contributed by atoms with E-state index in [1.54, 1.807) is 4.90 Å². The Morgan fingerprint density at radius 1 is 1.29 bits per heavy atom. The lowest BCUT2D eigenvalue weighted by Gasteiger charge is -2.39. The van der Waals surface area contributed by atoms with E-state index in [2.05, 4.69) is 0 Å². The van der Waals surface area contributed by atoms with E-state index in [1.807, 2.05) is 6.92 Å². The topological polar surface area (TPSA) is 40.5 Å². The molecule has 1 unspecified atom stereocenters. The zero-order valence-corrected chi connectivity index (χ0v) is 11.8. The van der Waals surface area contributed by atoms with Gasteiger partial charge in [-0.1, -0.05) is 6.92 Å². The van der Waals surface area contributed by atoms with Crippen LogP contribution >= 0.6 is 0 Å². The number of benzene rings is 1. The van der Waals surface area contributed by atoms with Crippen molar-refractivity contribution in [1.29, 1.82) is 0 Å². The molecule has 0 aromatic heterocycles. The van der Waals surface area contributed by atoms with Crippen LogP contribution in [-0.4, -0.2) is 29.1 Å². The third-order valence-corrected chi connectivity index (χ3v) is 4.27. The van der Waals surface area contributed by atoms with Crippen LogP contribution in [0, 0.1) is 22.9 Å². The van der Waals surface area contributed by atoms with Gasteiger partial charge in [0.1, 0.15) is 5.82 Å². The molecule has 2 rings (SSSR count). The second-order valence-electron chi connectivity index (χ2n) is 5.61. The number of nitrogens with zero attached hydrogens (tertiary/aromatic N) is 1. The number of carbonyl (C=O) groups is 1. The maximum Gasteiger partial charge on any atom is 0.310 e. The number of hydrogen-bond acceptors (Lipinski definition) is 2. The van der Waals surface area contributed by atoms with Crippen molar-refractivity contribution in [3.05, 3.63) is 35.1 Å². The fraction of sp³-hybridized carbons (Fsp3) is 0.533. The van der Waals surface area contributed by atoms with E-state index in [-0.39, 0.29) is 18.7 Å². The largest absolute Gasteiger partial charge is 0.481 e. The second-order valence-corrected chi connectivity index (χ2v) is 5.61. The van der Waals surface area contributed by atoms with Gasteiger partial charge in [0.25, 0.3) is 0 Å². The number of carboxylic acid groups (broad SMARTS) is 1. The standard InChI is InChI=1S/C15H18F3NO2/c1-2-15(14(20)21)4-3-5-19(9-15)8-10-6-12(17)13(18)7-11(10)16/h6-7H,2-5,8-9H2,1H3,(H,20,21). The van der Waals surface area contributed by atoms with Gasteiger partial charge in [-0.3, -0.25) is 9.69 Å². The summed E-state index contributed by atoms with van der Waals surface area (Å²) in [6.07, 6.45) is 1.75. The van der Waals surface area contributed by atoms with E-state index in [4.69, 9.17) is 0 Å². The smallest absolute Gasteiger partial charge is 0.310 e. The van der Waals surface area contributed by atoms with Gasteiger partial charge >= 0.3 is 5.97 Å². The molecule has 1 N–H and O–H groups in total. The van der Waals surface area contributed by atoms with Gasteiger partial charge in [-0.25, -0.2) is 13.2 Å². The monoisotopic (exact) mass is 301 g/mol. The van der Waals surface area contributed by atoms with Gasteiger partial charge in [-0.05, 0) is 31.9 Å². The third-order valence-electron chi connectivity index (χ3n) is 4.27. The van der Waals surface area contributed by atoms with Crippen molar-refractivity contribution in [3.63, 3.8) is 0 Å². The molecule has 1 aliphatic heterocycles. The first-order valence-corrected chi connectivity index (χ1v) is 6.97. The summed E-state index contributed by atoms with van der Waals surface area (Å²) in [5.74, 6) is -3.98. The summed E-state index contributed by atoms with van der Waals surface area (Å²) in [5, 5.41) is 9.40. The molecule has 1 saturated heterocycles. The molecule has 21 heavy (non-hydrogen) atoms. The van der Waals surface area contributed by atoms with Crippen molar-refractivity contribution in [1.82, 2.24) is 4.90 Å².